The number of carbonyl (C=O) groups is 1. The van der Waals surface area contributed by atoms with Crippen LogP contribution in [0.5, 0.6) is 0 Å². The van der Waals surface area contributed by atoms with Crippen LogP contribution >= 0.6 is 0 Å². The Labute approximate surface area is 99.6 Å². The Kier molecular flexibility index (Phi) is 4.56. The smallest absolute Gasteiger partial charge is 0.251 e. The Bertz CT molecular complexity index is 443. The minimum Gasteiger partial charge on any atom is -0.394 e. The van der Waals surface area contributed by atoms with Crippen LogP contribution in [0.25, 0.3) is 0 Å². The standard InChI is InChI=1S/C10H12F2N2O2S/c1-17(16)3-2-14-10(15)6-4-7(11)9(13)8(12)5-6/h4-5H,2-3,13H2,1H3,(H,14,15). The monoisotopic (exact) mass is 262 g/mol. The van der Waals surface area contributed by atoms with Crippen LogP contribution in [0.1, 0.15) is 10.4 Å². The molecule has 0 fully saturated rings. The first kappa shape index (κ1) is 13.6. The molecule has 0 aliphatic carbocycles. The lowest BCUT2D eigenvalue weighted by atomic mass is 10.2. The van der Waals surface area contributed by atoms with Crippen molar-refractivity contribution in [3.05, 3.63) is 29.3 Å². The summed E-state index contributed by atoms with van der Waals surface area (Å²) in [5, 5.41) is 2.40. The molecule has 7 heteroatoms. The number of anilines is 1. The Hall–Kier alpha value is -1.50. The predicted molar refractivity (Wildman–Crippen MR) is 62.0 cm³/mol. The number of amides is 1. The number of nitrogens with two attached hydrogens (primary N) is 1. The molecule has 1 aromatic carbocycles. The summed E-state index contributed by atoms with van der Waals surface area (Å²) in [6.45, 7) is 0.176. The Morgan fingerprint density at radius 2 is 1.94 bits per heavy atom. The van der Waals surface area contributed by atoms with Gasteiger partial charge in [0.05, 0.1) is 0 Å². The Morgan fingerprint density at radius 1 is 1.41 bits per heavy atom. The van der Waals surface area contributed by atoms with Crippen molar-refractivity contribution in [2.75, 3.05) is 24.3 Å². The summed E-state index contributed by atoms with van der Waals surface area (Å²) in [6.07, 6.45) is 1.49. The van der Waals surface area contributed by atoms with Crippen molar-refractivity contribution < 1.29 is 17.8 Å². The first-order chi connectivity index (χ1) is 7.91. The SMILES string of the molecule is CS(=O)CCNC(=O)c1cc(F)c(N)c(F)c1. The van der Waals surface area contributed by atoms with E-state index in [-0.39, 0.29) is 17.9 Å². The molecule has 1 atom stereocenters. The first-order valence-electron chi connectivity index (χ1n) is 4.74. The lowest BCUT2D eigenvalue weighted by molar-refractivity contribution is 0.0955. The number of nitrogen functional groups attached to an aromatic ring is 1. The summed E-state index contributed by atoms with van der Waals surface area (Å²) >= 11 is 0. The highest BCUT2D eigenvalue weighted by Crippen LogP contribution is 2.16. The molecule has 0 heterocycles. The second kappa shape index (κ2) is 5.72. The van der Waals surface area contributed by atoms with E-state index in [9.17, 15) is 17.8 Å². The maximum Gasteiger partial charge on any atom is 0.251 e. The number of halogens is 2. The zero-order chi connectivity index (χ0) is 13.0. The quantitative estimate of drug-likeness (QED) is 0.783. The maximum atomic E-state index is 13.1. The zero-order valence-electron chi connectivity index (χ0n) is 9.13. The van der Waals surface area contributed by atoms with E-state index in [1.54, 1.807) is 0 Å². The molecule has 0 saturated carbocycles. The van der Waals surface area contributed by atoms with Gasteiger partial charge < -0.3 is 11.1 Å². The molecule has 0 aromatic heterocycles. The minimum absolute atomic E-state index is 0.156. The summed E-state index contributed by atoms with van der Waals surface area (Å²) in [5.74, 6) is -2.30. The Balaban J connectivity index is 2.73. The average Bonchev–Trinajstić information content (AvgIpc) is 2.24. The van der Waals surface area contributed by atoms with Crippen LogP contribution in [0, 0.1) is 11.6 Å². The first-order valence-corrected chi connectivity index (χ1v) is 6.47. The molecule has 0 radical (unpaired) electrons. The van der Waals surface area contributed by atoms with Gasteiger partial charge in [0, 0.05) is 34.9 Å². The fraction of sp³-hybridized carbons (Fsp3) is 0.300. The van der Waals surface area contributed by atoms with Crippen LogP contribution in [-0.2, 0) is 10.8 Å². The molecule has 17 heavy (non-hydrogen) atoms. The highest BCUT2D eigenvalue weighted by molar-refractivity contribution is 7.84. The molecule has 0 spiro atoms. The summed E-state index contributed by atoms with van der Waals surface area (Å²) < 4.78 is 36.9. The van der Waals surface area contributed by atoms with Gasteiger partial charge in [-0.2, -0.15) is 0 Å². The molecule has 0 bridgehead atoms. The Morgan fingerprint density at radius 3 is 2.41 bits per heavy atom. The molecule has 94 valence electrons. The number of carbonyl (C=O) groups excluding carboxylic acids is 1. The van der Waals surface area contributed by atoms with Gasteiger partial charge in [-0.05, 0) is 12.1 Å². The second-order valence-electron chi connectivity index (χ2n) is 3.39. The van der Waals surface area contributed by atoms with Crippen molar-refractivity contribution >= 4 is 22.4 Å². The number of hydrogen-bond acceptors (Lipinski definition) is 3. The van der Waals surface area contributed by atoms with Crippen molar-refractivity contribution in [2.24, 2.45) is 0 Å². The van der Waals surface area contributed by atoms with Crippen molar-refractivity contribution in [1.82, 2.24) is 5.32 Å². The van der Waals surface area contributed by atoms with E-state index in [2.05, 4.69) is 5.32 Å². The average molecular weight is 262 g/mol. The van der Waals surface area contributed by atoms with Gasteiger partial charge in [0.1, 0.15) is 17.3 Å². The topological polar surface area (TPSA) is 72.2 Å². The third kappa shape index (κ3) is 3.77. The summed E-state index contributed by atoms with van der Waals surface area (Å²) in [7, 11) is -1.03. The van der Waals surface area contributed by atoms with E-state index in [1.807, 2.05) is 0 Å². The van der Waals surface area contributed by atoms with Gasteiger partial charge in [-0.3, -0.25) is 9.00 Å². The summed E-state index contributed by atoms with van der Waals surface area (Å²) in [4.78, 5) is 11.5. The van der Waals surface area contributed by atoms with Crippen LogP contribution < -0.4 is 11.1 Å². The molecule has 1 rings (SSSR count). The van der Waals surface area contributed by atoms with E-state index < -0.39 is 34.0 Å². The summed E-state index contributed by atoms with van der Waals surface area (Å²) in [5.41, 5.74) is 4.30. The van der Waals surface area contributed by atoms with Crippen LogP contribution in [0.2, 0.25) is 0 Å². The second-order valence-corrected chi connectivity index (χ2v) is 4.94. The van der Waals surface area contributed by atoms with E-state index in [0.29, 0.717) is 0 Å². The fourth-order valence-corrected chi connectivity index (χ4v) is 1.52. The van der Waals surface area contributed by atoms with Crippen LogP contribution in [0.3, 0.4) is 0 Å². The van der Waals surface area contributed by atoms with E-state index >= 15 is 0 Å². The molecule has 4 nitrogen and oxygen atoms in total. The van der Waals surface area contributed by atoms with Crippen LogP contribution in [0.4, 0.5) is 14.5 Å². The predicted octanol–water partition coefficient (Wildman–Crippen LogP) is 0.655. The molecule has 0 aliphatic rings. The van der Waals surface area contributed by atoms with E-state index in [4.69, 9.17) is 5.73 Å². The molecule has 1 aromatic rings. The van der Waals surface area contributed by atoms with Gasteiger partial charge in [0.15, 0.2) is 0 Å². The van der Waals surface area contributed by atoms with Gasteiger partial charge in [-0.1, -0.05) is 0 Å². The largest absolute Gasteiger partial charge is 0.394 e. The van der Waals surface area contributed by atoms with Crippen LogP contribution in [-0.4, -0.2) is 28.7 Å². The normalized spacial score (nSPS) is 12.2. The van der Waals surface area contributed by atoms with Gasteiger partial charge >= 0.3 is 0 Å². The molecule has 1 amide bonds. The van der Waals surface area contributed by atoms with Crippen molar-refractivity contribution in [1.29, 1.82) is 0 Å². The minimum atomic E-state index is -1.03. The zero-order valence-corrected chi connectivity index (χ0v) is 9.94. The number of rotatable bonds is 4. The van der Waals surface area contributed by atoms with E-state index in [1.165, 1.54) is 6.26 Å². The molecular weight excluding hydrogens is 250 g/mol. The molecule has 0 aliphatic heterocycles. The summed E-state index contributed by atoms with van der Waals surface area (Å²) in [6, 6.07) is 1.72. The molecular formula is C10H12F2N2O2S. The number of nitrogens with one attached hydrogen (secondary N) is 1. The number of hydrogen-bond donors (Lipinski definition) is 2. The van der Waals surface area contributed by atoms with E-state index in [0.717, 1.165) is 12.1 Å². The highest BCUT2D eigenvalue weighted by atomic mass is 32.2. The maximum absolute atomic E-state index is 13.1. The third-order valence-corrected chi connectivity index (χ3v) is 2.80. The number of benzene rings is 1. The lowest BCUT2D eigenvalue weighted by Crippen LogP contribution is -2.27. The molecule has 3 N–H and O–H groups in total. The van der Waals surface area contributed by atoms with Crippen molar-refractivity contribution in [3.63, 3.8) is 0 Å². The van der Waals surface area contributed by atoms with Crippen LogP contribution in [0.15, 0.2) is 12.1 Å². The third-order valence-electron chi connectivity index (χ3n) is 2.02. The lowest BCUT2D eigenvalue weighted by Gasteiger charge is -2.06. The molecule has 1 unspecified atom stereocenters. The van der Waals surface area contributed by atoms with Gasteiger partial charge in [-0.15, -0.1) is 0 Å². The van der Waals surface area contributed by atoms with Gasteiger partial charge in [-0.25, -0.2) is 8.78 Å². The van der Waals surface area contributed by atoms with Crippen molar-refractivity contribution in [2.45, 2.75) is 0 Å². The van der Waals surface area contributed by atoms with Gasteiger partial charge in [0.25, 0.3) is 5.91 Å². The molecule has 0 saturated heterocycles. The fourth-order valence-electron chi connectivity index (χ4n) is 1.13. The van der Waals surface area contributed by atoms with Crippen molar-refractivity contribution in [3.8, 4) is 0 Å². The van der Waals surface area contributed by atoms with Gasteiger partial charge in [0.2, 0.25) is 0 Å². The highest BCUT2D eigenvalue weighted by Gasteiger charge is 2.12.